The standard InChI is InChI=1S/C19H23NO/c1-14-7-10-19(17(11-14)13-20-2)21-18-9-8-15-5-3-4-6-16(15)12-18/h7-12,20H,3-6,13H2,1-2H3. The topological polar surface area (TPSA) is 21.3 Å². The molecule has 1 aliphatic rings. The third-order valence-electron chi connectivity index (χ3n) is 4.13. The predicted octanol–water partition coefficient (Wildman–Crippen LogP) is 4.39. The van der Waals surface area contributed by atoms with Crippen LogP contribution in [-0.2, 0) is 19.4 Å². The largest absolute Gasteiger partial charge is 0.457 e. The molecule has 110 valence electrons. The quantitative estimate of drug-likeness (QED) is 0.897. The molecule has 0 saturated carbocycles. The predicted molar refractivity (Wildman–Crippen MR) is 87.1 cm³/mol. The van der Waals surface area contributed by atoms with Gasteiger partial charge in [0.25, 0.3) is 0 Å². The minimum atomic E-state index is 0.821. The molecule has 2 aromatic rings. The zero-order chi connectivity index (χ0) is 14.7. The van der Waals surface area contributed by atoms with Crippen molar-refractivity contribution in [3.8, 4) is 11.5 Å². The number of ether oxygens (including phenoxy) is 1. The maximum absolute atomic E-state index is 6.14. The summed E-state index contributed by atoms with van der Waals surface area (Å²) in [7, 11) is 1.96. The van der Waals surface area contributed by atoms with Crippen molar-refractivity contribution in [2.75, 3.05) is 7.05 Å². The number of fused-ring (bicyclic) bond motifs is 1. The van der Waals surface area contributed by atoms with Crippen LogP contribution in [0.25, 0.3) is 0 Å². The van der Waals surface area contributed by atoms with Crippen molar-refractivity contribution < 1.29 is 4.74 Å². The van der Waals surface area contributed by atoms with Gasteiger partial charge in [-0.1, -0.05) is 23.8 Å². The molecule has 0 amide bonds. The van der Waals surface area contributed by atoms with Crippen LogP contribution in [0.15, 0.2) is 36.4 Å². The molecule has 2 aromatic carbocycles. The van der Waals surface area contributed by atoms with Gasteiger partial charge < -0.3 is 10.1 Å². The minimum Gasteiger partial charge on any atom is -0.457 e. The monoisotopic (exact) mass is 281 g/mol. The lowest BCUT2D eigenvalue weighted by Crippen LogP contribution is -2.07. The summed E-state index contributed by atoms with van der Waals surface area (Å²) < 4.78 is 6.14. The molecule has 21 heavy (non-hydrogen) atoms. The average molecular weight is 281 g/mol. The molecule has 1 N–H and O–H groups in total. The van der Waals surface area contributed by atoms with Gasteiger partial charge in [0, 0.05) is 12.1 Å². The lowest BCUT2D eigenvalue weighted by atomic mass is 9.92. The molecular formula is C19H23NO. The summed E-state index contributed by atoms with van der Waals surface area (Å²) in [5, 5.41) is 3.21. The van der Waals surface area contributed by atoms with Crippen LogP contribution in [0, 0.1) is 6.92 Å². The van der Waals surface area contributed by atoms with E-state index >= 15 is 0 Å². The van der Waals surface area contributed by atoms with Crippen LogP contribution < -0.4 is 10.1 Å². The smallest absolute Gasteiger partial charge is 0.131 e. The van der Waals surface area contributed by atoms with Crippen LogP contribution in [0.5, 0.6) is 11.5 Å². The number of aryl methyl sites for hydroxylation is 3. The highest BCUT2D eigenvalue weighted by atomic mass is 16.5. The Labute approximate surface area is 127 Å². The van der Waals surface area contributed by atoms with Gasteiger partial charge in [0.15, 0.2) is 0 Å². The molecule has 2 heteroatoms. The molecule has 0 saturated heterocycles. The van der Waals surface area contributed by atoms with Crippen molar-refractivity contribution in [2.24, 2.45) is 0 Å². The van der Waals surface area contributed by atoms with Crippen LogP contribution in [0.1, 0.15) is 35.1 Å². The Hall–Kier alpha value is -1.80. The van der Waals surface area contributed by atoms with Crippen molar-refractivity contribution in [3.05, 3.63) is 58.7 Å². The van der Waals surface area contributed by atoms with Crippen molar-refractivity contribution in [3.63, 3.8) is 0 Å². The van der Waals surface area contributed by atoms with E-state index in [1.165, 1.54) is 47.9 Å². The molecule has 0 heterocycles. The molecule has 1 aliphatic carbocycles. The van der Waals surface area contributed by atoms with Gasteiger partial charge in [-0.2, -0.15) is 0 Å². The summed E-state index contributed by atoms with van der Waals surface area (Å²) in [6.45, 7) is 2.93. The molecule has 0 fully saturated rings. The summed E-state index contributed by atoms with van der Waals surface area (Å²) >= 11 is 0. The van der Waals surface area contributed by atoms with Gasteiger partial charge >= 0.3 is 0 Å². The summed E-state index contributed by atoms with van der Waals surface area (Å²) in [5.74, 6) is 1.91. The molecule has 0 unspecified atom stereocenters. The van der Waals surface area contributed by atoms with Gasteiger partial charge in [0.1, 0.15) is 11.5 Å². The maximum Gasteiger partial charge on any atom is 0.131 e. The zero-order valence-electron chi connectivity index (χ0n) is 12.9. The Morgan fingerprint density at radius 3 is 2.62 bits per heavy atom. The van der Waals surface area contributed by atoms with E-state index in [4.69, 9.17) is 4.74 Å². The fourth-order valence-corrected chi connectivity index (χ4v) is 3.04. The highest BCUT2D eigenvalue weighted by Crippen LogP contribution is 2.30. The van der Waals surface area contributed by atoms with Crippen molar-refractivity contribution in [1.29, 1.82) is 0 Å². The zero-order valence-corrected chi connectivity index (χ0v) is 12.9. The first-order chi connectivity index (χ1) is 10.3. The Kier molecular flexibility index (Phi) is 4.26. The molecule has 0 spiro atoms. The summed E-state index contributed by atoms with van der Waals surface area (Å²) in [5.41, 5.74) is 5.42. The number of rotatable bonds is 4. The summed E-state index contributed by atoms with van der Waals surface area (Å²) in [4.78, 5) is 0. The molecule has 0 atom stereocenters. The first kappa shape index (κ1) is 14.2. The number of hydrogen-bond donors (Lipinski definition) is 1. The normalized spacial score (nSPS) is 13.8. The maximum atomic E-state index is 6.14. The Balaban J connectivity index is 1.86. The van der Waals surface area contributed by atoms with Crippen LogP contribution in [-0.4, -0.2) is 7.05 Å². The lowest BCUT2D eigenvalue weighted by molar-refractivity contribution is 0.472. The van der Waals surface area contributed by atoms with Crippen LogP contribution in [0.2, 0.25) is 0 Å². The molecule has 2 nitrogen and oxygen atoms in total. The Morgan fingerprint density at radius 2 is 1.81 bits per heavy atom. The first-order valence-electron chi connectivity index (χ1n) is 7.80. The SMILES string of the molecule is CNCc1cc(C)ccc1Oc1ccc2c(c1)CCCC2. The second kappa shape index (κ2) is 6.31. The van der Waals surface area contributed by atoms with Crippen molar-refractivity contribution in [2.45, 2.75) is 39.2 Å². The van der Waals surface area contributed by atoms with E-state index in [0.717, 1.165) is 18.0 Å². The van der Waals surface area contributed by atoms with Crippen LogP contribution in [0.4, 0.5) is 0 Å². The summed E-state index contributed by atoms with van der Waals surface area (Å²) in [6, 6.07) is 12.9. The van der Waals surface area contributed by atoms with Gasteiger partial charge in [-0.15, -0.1) is 0 Å². The summed E-state index contributed by atoms with van der Waals surface area (Å²) in [6.07, 6.45) is 5.01. The minimum absolute atomic E-state index is 0.821. The van der Waals surface area contributed by atoms with Gasteiger partial charge in [0.05, 0.1) is 0 Å². The molecule has 0 radical (unpaired) electrons. The third-order valence-corrected chi connectivity index (χ3v) is 4.13. The second-order valence-electron chi connectivity index (χ2n) is 5.88. The average Bonchev–Trinajstić information content (AvgIpc) is 2.50. The highest BCUT2D eigenvalue weighted by molar-refractivity contribution is 5.43. The van der Waals surface area contributed by atoms with Crippen LogP contribution in [0.3, 0.4) is 0 Å². The molecule has 0 bridgehead atoms. The molecular weight excluding hydrogens is 258 g/mol. The van der Waals surface area contributed by atoms with E-state index in [9.17, 15) is 0 Å². The van der Waals surface area contributed by atoms with Crippen molar-refractivity contribution in [1.82, 2.24) is 5.32 Å². The van der Waals surface area contributed by atoms with E-state index in [-0.39, 0.29) is 0 Å². The Bertz CT molecular complexity index is 633. The highest BCUT2D eigenvalue weighted by Gasteiger charge is 2.11. The van der Waals surface area contributed by atoms with Gasteiger partial charge in [-0.25, -0.2) is 0 Å². The molecule has 3 rings (SSSR count). The molecule has 0 aromatic heterocycles. The van der Waals surface area contributed by atoms with E-state index in [1.807, 2.05) is 7.05 Å². The van der Waals surface area contributed by atoms with Crippen molar-refractivity contribution >= 4 is 0 Å². The number of nitrogens with one attached hydrogen (secondary N) is 1. The fraction of sp³-hybridized carbons (Fsp3) is 0.368. The van der Waals surface area contributed by atoms with E-state index in [2.05, 4.69) is 48.6 Å². The lowest BCUT2D eigenvalue weighted by Gasteiger charge is -2.17. The van der Waals surface area contributed by atoms with Crippen LogP contribution >= 0.6 is 0 Å². The second-order valence-corrected chi connectivity index (χ2v) is 5.88. The Morgan fingerprint density at radius 1 is 1.00 bits per heavy atom. The first-order valence-corrected chi connectivity index (χ1v) is 7.80. The fourth-order valence-electron chi connectivity index (χ4n) is 3.04. The third kappa shape index (κ3) is 3.27. The van der Waals surface area contributed by atoms with Gasteiger partial charge in [-0.05, 0) is 69.0 Å². The number of benzene rings is 2. The molecule has 0 aliphatic heterocycles. The number of hydrogen-bond acceptors (Lipinski definition) is 2. The van der Waals surface area contributed by atoms with E-state index in [1.54, 1.807) is 0 Å². The van der Waals surface area contributed by atoms with E-state index in [0.29, 0.717) is 0 Å². The van der Waals surface area contributed by atoms with Gasteiger partial charge in [-0.3, -0.25) is 0 Å². The van der Waals surface area contributed by atoms with Gasteiger partial charge in [0.2, 0.25) is 0 Å². The van der Waals surface area contributed by atoms with E-state index < -0.39 is 0 Å².